The minimum Gasteiger partial charge on any atom is -0.380 e. The van der Waals surface area contributed by atoms with Crippen LogP contribution < -0.4 is 10.4 Å². The standard InChI is InChI=1S/C28H22O2/c29-27(23-15-8-3-9-16-23)28(30)25-18-10-17-24(19-21-11-4-1-5-12-21)26(25)20-22-13-6-2-7-14-22/h1-20,27,29H. The van der Waals surface area contributed by atoms with Gasteiger partial charge in [0.05, 0.1) is 0 Å². The van der Waals surface area contributed by atoms with Crippen LogP contribution in [-0.2, 0) is 0 Å². The third kappa shape index (κ3) is 4.45. The van der Waals surface area contributed by atoms with Gasteiger partial charge in [-0.3, -0.25) is 4.79 Å². The fraction of sp³-hybridized carbons (Fsp3) is 0.0357. The summed E-state index contributed by atoms with van der Waals surface area (Å²) in [6.45, 7) is 0. The molecule has 0 radical (unpaired) electrons. The summed E-state index contributed by atoms with van der Waals surface area (Å²) in [5, 5.41) is 12.5. The zero-order chi connectivity index (χ0) is 20.8. The van der Waals surface area contributed by atoms with Crippen molar-refractivity contribution >= 4 is 17.9 Å². The minimum absolute atomic E-state index is 0.313. The molecule has 4 rings (SSSR count). The maximum atomic E-state index is 13.3. The quantitative estimate of drug-likeness (QED) is 0.517. The summed E-state index contributed by atoms with van der Waals surface area (Å²) in [6.07, 6.45) is 2.85. The molecule has 1 atom stereocenters. The number of rotatable bonds is 5. The van der Waals surface area contributed by atoms with Crippen molar-refractivity contribution in [1.29, 1.82) is 0 Å². The Morgan fingerprint density at radius 1 is 0.633 bits per heavy atom. The average molecular weight is 390 g/mol. The van der Waals surface area contributed by atoms with E-state index < -0.39 is 6.10 Å². The van der Waals surface area contributed by atoms with Crippen molar-refractivity contribution in [3.05, 3.63) is 142 Å². The smallest absolute Gasteiger partial charge is 0.196 e. The predicted octanol–water partition coefficient (Wildman–Crippen LogP) is 4.26. The Hall–Kier alpha value is -3.75. The largest absolute Gasteiger partial charge is 0.380 e. The van der Waals surface area contributed by atoms with Crippen LogP contribution in [0.3, 0.4) is 0 Å². The second-order valence-corrected chi connectivity index (χ2v) is 7.10. The van der Waals surface area contributed by atoms with E-state index in [9.17, 15) is 9.90 Å². The van der Waals surface area contributed by atoms with Crippen LogP contribution in [0.4, 0.5) is 0 Å². The van der Waals surface area contributed by atoms with E-state index in [2.05, 4.69) is 6.08 Å². The van der Waals surface area contributed by atoms with Crippen molar-refractivity contribution < 1.29 is 9.90 Å². The van der Waals surface area contributed by atoms with Crippen LogP contribution in [0.15, 0.2) is 109 Å². The number of aliphatic hydroxyl groups is 1. The molecule has 0 saturated heterocycles. The predicted molar refractivity (Wildman–Crippen MR) is 121 cm³/mol. The van der Waals surface area contributed by atoms with Gasteiger partial charge >= 0.3 is 0 Å². The summed E-state index contributed by atoms with van der Waals surface area (Å²) < 4.78 is 0. The second kappa shape index (κ2) is 9.17. The Kier molecular flexibility index (Phi) is 5.98. The molecular formula is C28H22O2. The molecule has 2 heteroatoms. The van der Waals surface area contributed by atoms with E-state index in [-0.39, 0.29) is 5.78 Å². The van der Waals surface area contributed by atoms with Gasteiger partial charge in [0.15, 0.2) is 5.78 Å². The molecule has 30 heavy (non-hydrogen) atoms. The van der Waals surface area contributed by atoms with Gasteiger partial charge in [-0.25, -0.2) is 0 Å². The molecule has 1 unspecified atom stereocenters. The van der Waals surface area contributed by atoms with Crippen molar-refractivity contribution in [3.63, 3.8) is 0 Å². The summed E-state index contributed by atoms with van der Waals surface area (Å²) in [7, 11) is 0. The van der Waals surface area contributed by atoms with Gasteiger partial charge in [0.1, 0.15) is 6.10 Å². The number of aliphatic hydroxyl groups excluding tert-OH is 1. The third-order valence-electron chi connectivity index (χ3n) is 5.00. The summed E-state index contributed by atoms with van der Waals surface area (Å²) in [6, 6.07) is 34.6. The van der Waals surface area contributed by atoms with Gasteiger partial charge in [-0.15, -0.1) is 0 Å². The van der Waals surface area contributed by atoms with Gasteiger partial charge in [0.25, 0.3) is 0 Å². The van der Waals surface area contributed by atoms with Gasteiger partial charge in [-0.1, -0.05) is 109 Å². The molecular weight excluding hydrogens is 368 g/mol. The third-order valence-corrected chi connectivity index (χ3v) is 5.00. The number of carbonyl (C=O) groups is 1. The lowest BCUT2D eigenvalue weighted by atomic mass is 9.96. The Balaban J connectivity index is 1.91. The fourth-order valence-corrected chi connectivity index (χ4v) is 3.46. The highest BCUT2D eigenvalue weighted by Crippen LogP contribution is 2.16. The van der Waals surface area contributed by atoms with E-state index in [0.29, 0.717) is 11.1 Å². The minimum atomic E-state index is -1.21. The zero-order valence-corrected chi connectivity index (χ0v) is 16.5. The molecule has 0 aliphatic heterocycles. The number of carbonyl (C=O) groups excluding carboxylic acids is 1. The van der Waals surface area contributed by atoms with Crippen molar-refractivity contribution in [2.24, 2.45) is 0 Å². The number of Topliss-reactive ketones (excluding diaryl/α,β-unsaturated/α-hetero) is 1. The Bertz CT molecular complexity index is 1240. The first-order valence-corrected chi connectivity index (χ1v) is 9.92. The van der Waals surface area contributed by atoms with E-state index in [4.69, 9.17) is 0 Å². The van der Waals surface area contributed by atoms with E-state index in [1.165, 1.54) is 0 Å². The SMILES string of the molecule is O=C(c1cccc(=Cc2ccccc2)c1=Cc1ccccc1)C(O)c1ccccc1. The lowest BCUT2D eigenvalue weighted by Crippen LogP contribution is -2.32. The van der Waals surface area contributed by atoms with E-state index in [1.54, 1.807) is 18.2 Å². The van der Waals surface area contributed by atoms with Crippen LogP contribution in [0.1, 0.15) is 33.2 Å². The lowest BCUT2D eigenvalue weighted by molar-refractivity contribution is 0.0746. The average Bonchev–Trinajstić information content (AvgIpc) is 2.81. The fourth-order valence-electron chi connectivity index (χ4n) is 3.46. The molecule has 1 N–H and O–H groups in total. The van der Waals surface area contributed by atoms with E-state index in [0.717, 1.165) is 21.6 Å². The second-order valence-electron chi connectivity index (χ2n) is 7.10. The van der Waals surface area contributed by atoms with Crippen molar-refractivity contribution in [2.75, 3.05) is 0 Å². The molecule has 0 aromatic heterocycles. The first kappa shape index (κ1) is 19.6. The zero-order valence-electron chi connectivity index (χ0n) is 16.5. The summed E-state index contributed by atoms with van der Waals surface area (Å²) in [4.78, 5) is 13.3. The molecule has 0 aliphatic rings. The van der Waals surface area contributed by atoms with Gasteiger partial charge in [0, 0.05) is 5.56 Å². The highest BCUT2D eigenvalue weighted by molar-refractivity contribution is 6.00. The Morgan fingerprint density at radius 2 is 1.17 bits per heavy atom. The normalized spacial score (nSPS) is 13.2. The molecule has 0 aliphatic carbocycles. The van der Waals surface area contributed by atoms with Crippen molar-refractivity contribution in [2.45, 2.75) is 6.10 Å². The first-order chi connectivity index (χ1) is 14.7. The molecule has 0 bridgehead atoms. The summed E-state index contributed by atoms with van der Waals surface area (Å²) in [5.74, 6) is -0.313. The lowest BCUT2D eigenvalue weighted by Gasteiger charge is -2.11. The molecule has 0 saturated carbocycles. The maximum Gasteiger partial charge on any atom is 0.196 e. The molecule has 0 fully saturated rings. The summed E-state index contributed by atoms with van der Waals surface area (Å²) in [5.41, 5.74) is 3.13. The molecule has 0 spiro atoms. The molecule has 4 aromatic rings. The van der Waals surface area contributed by atoms with Crippen LogP contribution in [0.25, 0.3) is 12.2 Å². The molecule has 146 valence electrons. The first-order valence-electron chi connectivity index (χ1n) is 9.92. The maximum absolute atomic E-state index is 13.3. The highest BCUT2D eigenvalue weighted by atomic mass is 16.3. The van der Waals surface area contributed by atoms with Crippen LogP contribution in [0, 0.1) is 0 Å². The van der Waals surface area contributed by atoms with Crippen LogP contribution in [-0.4, -0.2) is 10.9 Å². The van der Waals surface area contributed by atoms with Crippen molar-refractivity contribution in [1.82, 2.24) is 0 Å². The van der Waals surface area contributed by atoms with Crippen molar-refractivity contribution in [3.8, 4) is 0 Å². The molecule has 4 aromatic carbocycles. The molecule has 2 nitrogen and oxygen atoms in total. The number of hydrogen-bond acceptors (Lipinski definition) is 2. The number of hydrogen-bond donors (Lipinski definition) is 1. The molecule has 0 amide bonds. The van der Waals surface area contributed by atoms with Crippen LogP contribution >= 0.6 is 0 Å². The number of benzene rings is 4. The summed E-state index contributed by atoms with van der Waals surface area (Å²) >= 11 is 0. The number of ketones is 1. The topological polar surface area (TPSA) is 37.3 Å². The van der Waals surface area contributed by atoms with E-state index >= 15 is 0 Å². The monoisotopic (exact) mass is 390 g/mol. The highest BCUT2D eigenvalue weighted by Gasteiger charge is 2.20. The van der Waals surface area contributed by atoms with Gasteiger partial charge in [0.2, 0.25) is 0 Å². The van der Waals surface area contributed by atoms with Crippen LogP contribution in [0.5, 0.6) is 0 Å². The van der Waals surface area contributed by atoms with Gasteiger partial charge < -0.3 is 5.11 Å². The van der Waals surface area contributed by atoms with E-state index in [1.807, 2.05) is 97.1 Å². The Morgan fingerprint density at radius 3 is 1.77 bits per heavy atom. The molecule has 0 heterocycles. The Labute approximate surface area is 176 Å². The van der Waals surface area contributed by atoms with Gasteiger partial charge in [-0.2, -0.15) is 0 Å². The van der Waals surface area contributed by atoms with Gasteiger partial charge in [-0.05, 0) is 39.3 Å². The van der Waals surface area contributed by atoms with Crippen LogP contribution in [0.2, 0.25) is 0 Å².